The molecule has 0 saturated carbocycles. The summed E-state index contributed by atoms with van der Waals surface area (Å²) in [7, 11) is 0. The number of carbonyl (C=O) groups is 2. The number of alkyl carbamates (subject to hydrolysis) is 1. The van der Waals surface area contributed by atoms with Gasteiger partial charge in [0.1, 0.15) is 5.60 Å². The number of rotatable bonds is 5. The minimum atomic E-state index is -0.688. The molecule has 1 aromatic rings. The van der Waals surface area contributed by atoms with Crippen molar-refractivity contribution in [2.45, 2.75) is 38.8 Å². The molecule has 0 aromatic heterocycles. The summed E-state index contributed by atoms with van der Waals surface area (Å²) < 4.78 is 5.99. The van der Waals surface area contributed by atoms with Crippen molar-refractivity contribution in [2.24, 2.45) is 0 Å². The van der Waals surface area contributed by atoms with Crippen LogP contribution in [0.3, 0.4) is 0 Å². The van der Waals surface area contributed by atoms with E-state index in [1.807, 2.05) is 6.07 Å². The predicted octanol–water partition coefficient (Wildman–Crippen LogP) is 4.10. The third kappa shape index (κ3) is 6.12. The molecule has 1 atom stereocenters. The van der Waals surface area contributed by atoms with Crippen LogP contribution in [0.5, 0.6) is 0 Å². The first-order valence-corrected chi connectivity index (χ1v) is 7.42. The van der Waals surface area contributed by atoms with E-state index in [-0.39, 0.29) is 5.78 Å². The monoisotopic (exact) mass is 353 g/mol. The summed E-state index contributed by atoms with van der Waals surface area (Å²) in [5.41, 5.74) is -0.0889. The summed E-state index contributed by atoms with van der Waals surface area (Å²) in [6.45, 7) is 8.93. The van der Waals surface area contributed by atoms with Crippen molar-refractivity contribution < 1.29 is 14.3 Å². The van der Waals surface area contributed by atoms with Gasteiger partial charge in [0.15, 0.2) is 5.78 Å². The lowest BCUT2D eigenvalue weighted by Crippen LogP contribution is -2.43. The Morgan fingerprint density at radius 3 is 2.62 bits per heavy atom. The Balaban J connectivity index is 2.84. The molecule has 0 saturated heterocycles. The van der Waals surface area contributed by atoms with Gasteiger partial charge in [0, 0.05) is 10.0 Å². The maximum absolute atomic E-state index is 12.4. The molecular weight excluding hydrogens is 334 g/mol. The highest BCUT2D eigenvalue weighted by atomic mass is 79.9. The van der Waals surface area contributed by atoms with Crippen LogP contribution in [0.15, 0.2) is 41.4 Å². The summed E-state index contributed by atoms with van der Waals surface area (Å²) in [4.78, 5) is 24.3. The Hall–Kier alpha value is -1.62. The van der Waals surface area contributed by atoms with E-state index < -0.39 is 17.7 Å². The zero-order valence-corrected chi connectivity index (χ0v) is 14.1. The van der Waals surface area contributed by atoms with Gasteiger partial charge >= 0.3 is 6.09 Å². The maximum Gasteiger partial charge on any atom is 0.408 e. The van der Waals surface area contributed by atoms with Crippen molar-refractivity contribution in [1.82, 2.24) is 5.32 Å². The summed E-state index contributed by atoms with van der Waals surface area (Å²) >= 11 is 3.32. The van der Waals surface area contributed by atoms with E-state index in [2.05, 4.69) is 27.8 Å². The van der Waals surface area contributed by atoms with Crippen LogP contribution in [0.1, 0.15) is 37.6 Å². The Kier molecular flexibility index (Phi) is 6.15. The number of Topliss-reactive ketones (excluding diaryl/α,β-unsaturated/α-hetero) is 1. The van der Waals surface area contributed by atoms with Crippen LogP contribution < -0.4 is 5.32 Å². The lowest BCUT2D eigenvalue weighted by atomic mass is 10.0. The molecule has 0 fully saturated rings. The number of ketones is 1. The fraction of sp³-hybridized carbons (Fsp3) is 0.375. The second-order valence-electron chi connectivity index (χ2n) is 5.60. The molecule has 1 unspecified atom stereocenters. The van der Waals surface area contributed by atoms with Crippen LogP contribution in [0.25, 0.3) is 0 Å². The number of benzene rings is 1. The molecule has 0 aliphatic carbocycles. The molecule has 5 heteroatoms. The average molecular weight is 354 g/mol. The van der Waals surface area contributed by atoms with Crippen molar-refractivity contribution in [3.63, 3.8) is 0 Å². The third-order valence-corrected chi connectivity index (χ3v) is 3.01. The number of amides is 1. The maximum atomic E-state index is 12.4. The minimum absolute atomic E-state index is 0.179. The van der Waals surface area contributed by atoms with Gasteiger partial charge in [-0.15, -0.1) is 6.58 Å². The smallest absolute Gasteiger partial charge is 0.408 e. The molecule has 1 amide bonds. The van der Waals surface area contributed by atoms with Crippen LogP contribution in [-0.2, 0) is 4.74 Å². The highest BCUT2D eigenvalue weighted by Gasteiger charge is 2.24. The summed E-state index contributed by atoms with van der Waals surface area (Å²) in [6, 6.07) is 6.34. The first-order valence-electron chi connectivity index (χ1n) is 6.63. The van der Waals surface area contributed by atoms with E-state index in [0.717, 1.165) is 4.47 Å². The Labute approximate surface area is 133 Å². The second-order valence-corrected chi connectivity index (χ2v) is 6.51. The van der Waals surface area contributed by atoms with Crippen LogP contribution in [0.2, 0.25) is 0 Å². The lowest BCUT2D eigenvalue weighted by Gasteiger charge is -2.22. The van der Waals surface area contributed by atoms with Crippen molar-refractivity contribution in [3.05, 3.63) is 47.0 Å². The molecule has 0 heterocycles. The van der Waals surface area contributed by atoms with Crippen LogP contribution in [0, 0.1) is 0 Å². The predicted molar refractivity (Wildman–Crippen MR) is 86.4 cm³/mol. The van der Waals surface area contributed by atoms with Gasteiger partial charge in [-0.05, 0) is 39.3 Å². The molecule has 1 aromatic carbocycles. The van der Waals surface area contributed by atoms with Crippen molar-refractivity contribution in [1.29, 1.82) is 0 Å². The molecule has 1 N–H and O–H groups in total. The van der Waals surface area contributed by atoms with E-state index in [9.17, 15) is 9.59 Å². The zero-order valence-electron chi connectivity index (χ0n) is 12.5. The summed E-state index contributed by atoms with van der Waals surface area (Å²) in [5, 5.41) is 2.59. The minimum Gasteiger partial charge on any atom is -0.444 e. The van der Waals surface area contributed by atoms with E-state index in [0.29, 0.717) is 12.0 Å². The topological polar surface area (TPSA) is 55.4 Å². The van der Waals surface area contributed by atoms with Gasteiger partial charge in [0.05, 0.1) is 6.04 Å². The largest absolute Gasteiger partial charge is 0.444 e. The van der Waals surface area contributed by atoms with E-state index >= 15 is 0 Å². The first-order chi connectivity index (χ1) is 9.73. The number of ether oxygens (including phenoxy) is 1. The number of carbonyl (C=O) groups excluding carboxylic acids is 2. The first kappa shape index (κ1) is 17.4. The van der Waals surface area contributed by atoms with Gasteiger partial charge < -0.3 is 10.1 Å². The van der Waals surface area contributed by atoms with Crippen molar-refractivity contribution in [2.75, 3.05) is 0 Å². The van der Waals surface area contributed by atoms with E-state index in [4.69, 9.17) is 4.74 Å². The van der Waals surface area contributed by atoms with Gasteiger partial charge in [-0.1, -0.05) is 34.1 Å². The number of halogens is 1. The van der Waals surface area contributed by atoms with E-state index in [1.54, 1.807) is 45.0 Å². The van der Waals surface area contributed by atoms with Crippen molar-refractivity contribution >= 4 is 27.8 Å². The van der Waals surface area contributed by atoms with Gasteiger partial charge in [-0.25, -0.2) is 4.79 Å². The number of hydrogen-bond acceptors (Lipinski definition) is 3. The molecule has 0 spiro atoms. The quantitative estimate of drug-likeness (QED) is 0.640. The molecule has 0 aliphatic heterocycles. The highest BCUT2D eigenvalue weighted by Crippen LogP contribution is 2.15. The second kappa shape index (κ2) is 7.41. The summed E-state index contributed by atoms with van der Waals surface area (Å²) in [5.74, 6) is -0.179. The fourth-order valence-electron chi connectivity index (χ4n) is 1.69. The average Bonchev–Trinajstić information content (AvgIpc) is 2.35. The van der Waals surface area contributed by atoms with Crippen LogP contribution >= 0.6 is 15.9 Å². The van der Waals surface area contributed by atoms with Gasteiger partial charge in [-0.3, -0.25) is 4.79 Å². The third-order valence-electron chi connectivity index (χ3n) is 2.52. The molecule has 0 bridgehead atoms. The molecule has 0 radical (unpaired) electrons. The Morgan fingerprint density at radius 2 is 2.10 bits per heavy atom. The number of nitrogens with one attached hydrogen (secondary N) is 1. The van der Waals surface area contributed by atoms with E-state index in [1.165, 1.54) is 0 Å². The molecule has 114 valence electrons. The number of hydrogen-bond donors (Lipinski definition) is 1. The standard InChI is InChI=1S/C16H20BrNO3/c1-5-7-13(18-15(20)21-16(2,3)4)14(19)11-8-6-9-12(17)10-11/h5-6,8-10,13H,1,7H2,2-4H3,(H,18,20). The van der Waals surface area contributed by atoms with Gasteiger partial charge in [0.25, 0.3) is 0 Å². The SMILES string of the molecule is C=CCC(NC(=O)OC(C)(C)C)C(=O)c1cccc(Br)c1. The lowest BCUT2D eigenvalue weighted by molar-refractivity contribution is 0.0492. The fourth-order valence-corrected chi connectivity index (χ4v) is 2.09. The normalized spacial score (nSPS) is 12.4. The Bertz CT molecular complexity index is 535. The van der Waals surface area contributed by atoms with Crippen LogP contribution in [-0.4, -0.2) is 23.5 Å². The zero-order chi connectivity index (χ0) is 16.0. The highest BCUT2D eigenvalue weighted by molar-refractivity contribution is 9.10. The van der Waals surface area contributed by atoms with Crippen molar-refractivity contribution in [3.8, 4) is 0 Å². The molecule has 21 heavy (non-hydrogen) atoms. The molecule has 0 aliphatic rings. The van der Waals surface area contributed by atoms with Gasteiger partial charge in [0.2, 0.25) is 0 Å². The Morgan fingerprint density at radius 1 is 1.43 bits per heavy atom. The molecule has 1 rings (SSSR count). The summed E-state index contributed by atoms with van der Waals surface area (Å²) in [6.07, 6.45) is 1.32. The van der Waals surface area contributed by atoms with Gasteiger partial charge in [-0.2, -0.15) is 0 Å². The van der Waals surface area contributed by atoms with Crippen LogP contribution in [0.4, 0.5) is 4.79 Å². The molecular formula is C16H20BrNO3. The molecule has 4 nitrogen and oxygen atoms in total.